The summed E-state index contributed by atoms with van der Waals surface area (Å²) in [6, 6.07) is 8.60. The van der Waals surface area contributed by atoms with Crippen LogP contribution in [0.25, 0.3) is 0 Å². The van der Waals surface area contributed by atoms with Gasteiger partial charge in [0, 0.05) is 25.2 Å². The number of anilines is 1. The zero-order chi connectivity index (χ0) is 12.8. The van der Waals surface area contributed by atoms with Gasteiger partial charge in [-0.05, 0) is 49.8 Å². The lowest BCUT2D eigenvalue weighted by Crippen LogP contribution is -2.29. The van der Waals surface area contributed by atoms with Crippen LogP contribution >= 0.6 is 0 Å². The summed E-state index contributed by atoms with van der Waals surface area (Å²) in [5.74, 6) is -0.708. The summed E-state index contributed by atoms with van der Waals surface area (Å²) in [7, 11) is 0. The van der Waals surface area contributed by atoms with Crippen LogP contribution in [0.3, 0.4) is 0 Å². The molecule has 3 nitrogen and oxygen atoms in total. The lowest BCUT2D eigenvalue weighted by molar-refractivity contribution is -0.137. The van der Waals surface area contributed by atoms with Crippen molar-refractivity contribution in [3.05, 3.63) is 29.8 Å². The zero-order valence-electron chi connectivity index (χ0n) is 10.8. The third kappa shape index (κ3) is 3.76. The van der Waals surface area contributed by atoms with E-state index in [2.05, 4.69) is 29.2 Å². The summed E-state index contributed by atoms with van der Waals surface area (Å²) in [6.07, 6.45) is 5.77. The third-order valence-electron chi connectivity index (χ3n) is 3.51. The van der Waals surface area contributed by atoms with Gasteiger partial charge >= 0.3 is 5.97 Å². The van der Waals surface area contributed by atoms with E-state index in [0.717, 1.165) is 12.8 Å². The SMILES string of the molecule is O=C(O)CCCc1ccc(N2CCCCC2)cc1. The summed E-state index contributed by atoms with van der Waals surface area (Å²) in [5.41, 5.74) is 2.54. The van der Waals surface area contributed by atoms with Gasteiger partial charge in [0.15, 0.2) is 0 Å². The van der Waals surface area contributed by atoms with Gasteiger partial charge in [0.05, 0.1) is 0 Å². The summed E-state index contributed by atoms with van der Waals surface area (Å²) in [5, 5.41) is 8.60. The molecular formula is C15H21NO2. The maximum Gasteiger partial charge on any atom is 0.303 e. The molecule has 1 aliphatic heterocycles. The molecule has 1 aromatic carbocycles. The number of carboxylic acid groups (broad SMARTS) is 1. The van der Waals surface area contributed by atoms with E-state index in [0.29, 0.717) is 0 Å². The Bertz CT molecular complexity index is 380. The second kappa shape index (κ2) is 6.43. The van der Waals surface area contributed by atoms with Gasteiger partial charge in [0.2, 0.25) is 0 Å². The number of carboxylic acids is 1. The molecule has 0 bridgehead atoms. The number of hydrogen-bond acceptors (Lipinski definition) is 2. The smallest absolute Gasteiger partial charge is 0.303 e. The van der Waals surface area contributed by atoms with Crippen molar-refractivity contribution in [2.45, 2.75) is 38.5 Å². The van der Waals surface area contributed by atoms with Gasteiger partial charge < -0.3 is 10.0 Å². The van der Waals surface area contributed by atoms with Crippen molar-refractivity contribution in [2.75, 3.05) is 18.0 Å². The molecule has 0 aliphatic carbocycles. The lowest BCUT2D eigenvalue weighted by atomic mass is 10.1. The molecule has 98 valence electrons. The highest BCUT2D eigenvalue weighted by Gasteiger charge is 2.10. The Morgan fingerprint density at radius 3 is 2.39 bits per heavy atom. The standard InChI is InChI=1S/C15H21NO2/c17-15(18)6-4-5-13-7-9-14(10-8-13)16-11-2-1-3-12-16/h7-10H,1-6,11-12H2,(H,17,18). The molecule has 0 unspecified atom stereocenters. The van der Waals surface area contributed by atoms with Crippen LogP contribution in [-0.2, 0) is 11.2 Å². The number of piperidine rings is 1. The minimum absolute atomic E-state index is 0.258. The first-order chi connectivity index (χ1) is 8.75. The van der Waals surface area contributed by atoms with E-state index in [1.165, 1.54) is 43.6 Å². The van der Waals surface area contributed by atoms with E-state index in [-0.39, 0.29) is 6.42 Å². The van der Waals surface area contributed by atoms with Gasteiger partial charge in [-0.3, -0.25) is 4.79 Å². The second-order valence-electron chi connectivity index (χ2n) is 4.96. The maximum absolute atomic E-state index is 10.4. The first-order valence-corrected chi connectivity index (χ1v) is 6.81. The summed E-state index contributed by atoms with van der Waals surface area (Å²) < 4.78 is 0. The van der Waals surface area contributed by atoms with Crippen LogP contribution in [0.15, 0.2) is 24.3 Å². The molecule has 0 aromatic heterocycles. The van der Waals surface area contributed by atoms with E-state index in [9.17, 15) is 4.79 Å². The van der Waals surface area contributed by atoms with Gasteiger partial charge in [-0.15, -0.1) is 0 Å². The normalized spacial score (nSPS) is 15.7. The topological polar surface area (TPSA) is 40.5 Å². The van der Waals surface area contributed by atoms with Crippen molar-refractivity contribution in [3.8, 4) is 0 Å². The van der Waals surface area contributed by atoms with Gasteiger partial charge in [0.1, 0.15) is 0 Å². The number of carbonyl (C=O) groups is 1. The molecule has 1 fully saturated rings. The number of benzene rings is 1. The predicted octanol–water partition coefficient (Wildman–Crippen LogP) is 3.08. The lowest BCUT2D eigenvalue weighted by Gasteiger charge is -2.28. The Balaban J connectivity index is 1.86. The maximum atomic E-state index is 10.4. The van der Waals surface area contributed by atoms with E-state index in [1.54, 1.807) is 0 Å². The Morgan fingerprint density at radius 1 is 1.11 bits per heavy atom. The highest BCUT2D eigenvalue weighted by atomic mass is 16.4. The number of aliphatic carboxylic acids is 1. The van der Waals surface area contributed by atoms with Gasteiger partial charge in [-0.1, -0.05) is 12.1 Å². The fourth-order valence-corrected chi connectivity index (χ4v) is 2.47. The second-order valence-corrected chi connectivity index (χ2v) is 4.96. The molecule has 2 rings (SSSR count). The Kier molecular flexibility index (Phi) is 4.62. The quantitative estimate of drug-likeness (QED) is 0.869. The summed E-state index contributed by atoms with van der Waals surface area (Å²) in [4.78, 5) is 12.9. The van der Waals surface area contributed by atoms with Gasteiger partial charge in [-0.2, -0.15) is 0 Å². The van der Waals surface area contributed by atoms with Crippen molar-refractivity contribution in [2.24, 2.45) is 0 Å². The van der Waals surface area contributed by atoms with Crippen LogP contribution in [0.2, 0.25) is 0 Å². The Hall–Kier alpha value is -1.51. The third-order valence-corrected chi connectivity index (χ3v) is 3.51. The van der Waals surface area contributed by atoms with Crippen LogP contribution in [-0.4, -0.2) is 24.2 Å². The van der Waals surface area contributed by atoms with Crippen molar-refractivity contribution in [3.63, 3.8) is 0 Å². The highest BCUT2D eigenvalue weighted by molar-refractivity contribution is 5.66. The van der Waals surface area contributed by atoms with Gasteiger partial charge in [-0.25, -0.2) is 0 Å². The van der Waals surface area contributed by atoms with Crippen molar-refractivity contribution in [1.82, 2.24) is 0 Å². The molecule has 0 saturated carbocycles. The molecule has 18 heavy (non-hydrogen) atoms. The van der Waals surface area contributed by atoms with Crippen LogP contribution in [0.4, 0.5) is 5.69 Å². The minimum atomic E-state index is -0.708. The van der Waals surface area contributed by atoms with E-state index >= 15 is 0 Å². The average molecular weight is 247 g/mol. The fraction of sp³-hybridized carbons (Fsp3) is 0.533. The zero-order valence-corrected chi connectivity index (χ0v) is 10.8. The monoisotopic (exact) mass is 247 g/mol. The number of rotatable bonds is 5. The number of nitrogens with zero attached hydrogens (tertiary/aromatic N) is 1. The first-order valence-electron chi connectivity index (χ1n) is 6.81. The Labute approximate surface area is 108 Å². The first kappa shape index (κ1) is 12.9. The number of hydrogen-bond donors (Lipinski definition) is 1. The summed E-state index contributed by atoms with van der Waals surface area (Å²) in [6.45, 7) is 2.33. The molecule has 0 atom stereocenters. The predicted molar refractivity (Wildman–Crippen MR) is 73.1 cm³/mol. The molecule has 1 heterocycles. The van der Waals surface area contributed by atoms with Crippen molar-refractivity contribution < 1.29 is 9.90 Å². The molecule has 3 heteroatoms. The van der Waals surface area contributed by atoms with Crippen LogP contribution in [0.5, 0.6) is 0 Å². The molecule has 1 saturated heterocycles. The average Bonchev–Trinajstić information content (AvgIpc) is 2.40. The van der Waals surface area contributed by atoms with E-state index in [1.807, 2.05) is 0 Å². The molecule has 0 radical (unpaired) electrons. The molecule has 0 spiro atoms. The van der Waals surface area contributed by atoms with E-state index in [4.69, 9.17) is 5.11 Å². The molecule has 1 aromatic rings. The van der Waals surface area contributed by atoms with E-state index < -0.39 is 5.97 Å². The highest BCUT2D eigenvalue weighted by Crippen LogP contribution is 2.20. The molecule has 1 aliphatic rings. The fourth-order valence-electron chi connectivity index (χ4n) is 2.47. The van der Waals surface area contributed by atoms with Crippen LogP contribution in [0, 0.1) is 0 Å². The van der Waals surface area contributed by atoms with Crippen molar-refractivity contribution >= 4 is 11.7 Å². The minimum Gasteiger partial charge on any atom is -0.481 e. The Morgan fingerprint density at radius 2 is 1.78 bits per heavy atom. The van der Waals surface area contributed by atoms with Crippen LogP contribution in [0.1, 0.15) is 37.7 Å². The molecular weight excluding hydrogens is 226 g/mol. The van der Waals surface area contributed by atoms with Gasteiger partial charge in [0.25, 0.3) is 0 Å². The molecule has 1 N–H and O–H groups in total. The largest absolute Gasteiger partial charge is 0.481 e. The summed E-state index contributed by atoms with van der Waals surface area (Å²) >= 11 is 0. The van der Waals surface area contributed by atoms with Crippen molar-refractivity contribution in [1.29, 1.82) is 0 Å². The van der Waals surface area contributed by atoms with Crippen LogP contribution < -0.4 is 4.90 Å². The molecule has 0 amide bonds. The number of aryl methyl sites for hydroxylation is 1.